The lowest BCUT2D eigenvalue weighted by molar-refractivity contribution is -0.127. The standard InChI is InChI=1S/C19H31N5O3S/c1-4-20-19(21-12-8-14-24-13-7-11-18(24)25)22-15-16-9-5-6-10-17(16)28(26,27)23(2)3/h5-6,9-10H,4,7-8,11-15H2,1-3H3,(H2,20,21,22). The quantitative estimate of drug-likeness (QED) is 0.361. The van der Waals surface area contributed by atoms with Crippen LogP contribution in [-0.4, -0.2) is 69.8 Å². The molecule has 9 heteroatoms. The SMILES string of the molecule is CCNC(=NCc1ccccc1S(=O)(=O)N(C)C)NCCCN1CCCC1=O. The number of carbonyl (C=O) groups excluding carboxylic acids is 1. The number of benzene rings is 1. The molecule has 0 atom stereocenters. The summed E-state index contributed by atoms with van der Waals surface area (Å²) in [7, 11) is -0.478. The van der Waals surface area contributed by atoms with Crippen LogP contribution in [0.15, 0.2) is 34.2 Å². The van der Waals surface area contributed by atoms with Crippen molar-refractivity contribution in [3.05, 3.63) is 29.8 Å². The minimum absolute atomic E-state index is 0.235. The lowest BCUT2D eigenvalue weighted by Gasteiger charge is -2.17. The highest BCUT2D eigenvalue weighted by molar-refractivity contribution is 7.89. The largest absolute Gasteiger partial charge is 0.357 e. The second kappa shape index (κ2) is 10.4. The monoisotopic (exact) mass is 409 g/mol. The Morgan fingerprint density at radius 3 is 2.64 bits per heavy atom. The van der Waals surface area contributed by atoms with Crippen molar-refractivity contribution in [2.45, 2.75) is 37.6 Å². The molecule has 2 N–H and O–H groups in total. The van der Waals surface area contributed by atoms with Crippen molar-refractivity contribution in [1.29, 1.82) is 0 Å². The molecule has 1 fully saturated rings. The molecule has 0 aliphatic carbocycles. The van der Waals surface area contributed by atoms with Crippen molar-refractivity contribution in [1.82, 2.24) is 19.8 Å². The molecule has 1 aromatic rings. The Balaban J connectivity index is 1.98. The minimum atomic E-state index is -3.52. The van der Waals surface area contributed by atoms with Crippen LogP contribution in [0.2, 0.25) is 0 Å². The molecule has 1 amide bonds. The molecule has 1 heterocycles. The maximum absolute atomic E-state index is 12.5. The van der Waals surface area contributed by atoms with Gasteiger partial charge in [0.1, 0.15) is 0 Å². The molecule has 0 saturated carbocycles. The second-order valence-electron chi connectivity index (χ2n) is 6.85. The fourth-order valence-electron chi connectivity index (χ4n) is 3.01. The molecule has 0 spiro atoms. The summed E-state index contributed by atoms with van der Waals surface area (Å²) in [4.78, 5) is 18.3. The number of nitrogens with one attached hydrogen (secondary N) is 2. The first kappa shape index (κ1) is 22.2. The zero-order chi connectivity index (χ0) is 20.6. The van der Waals surface area contributed by atoms with E-state index >= 15 is 0 Å². The van der Waals surface area contributed by atoms with Crippen LogP contribution in [0.1, 0.15) is 31.7 Å². The van der Waals surface area contributed by atoms with E-state index in [0.717, 1.165) is 25.9 Å². The highest BCUT2D eigenvalue weighted by atomic mass is 32.2. The molecule has 1 aromatic carbocycles. The fourth-order valence-corrected chi connectivity index (χ4v) is 4.11. The van der Waals surface area contributed by atoms with Crippen molar-refractivity contribution in [2.24, 2.45) is 4.99 Å². The lowest BCUT2D eigenvalue weighted by Crippen LogP contribution is -2.39. The number of rotatable bonds is 9. The van der Waals surface area contributed by atoms with Gasteiger partial charge in [-0.3, -0.25) is 4.79 Å². The predicted molar refractivity (Wildman–Crippen MR) is 111 cm³/mol. The van der Waals surface area contributed by atoms with Gasteiger partial charge in [0.05, 0.1) is 11.4 Å². The average Bonchev–Trinajstić information content (AvgIpc) is 3.08. The number of hydrogen-bond donors (Lipinski definition) is 2. The maximum atomic E-state index is 12.5. The van der Waals surface area contributed by atoms with Gasteiger partial charge in [-0.1, -0.05) is 18.2 Å². The smallest absolute Gasteiger partial charge is 0.242 e. The van der Waals surface area contributed by atoms with E-state index < -0.39 is 10.0 Å². The van der Waals surface area contributed by atoms with Gasteiger partial charge in [0.15, 0.2) is 5.96 Å². The number of guanidine groups is 1. The van der Waals surface area contributed by atoms with E-state index in [9.17, 15) is 13.2 Å². The number of sulfonamides is 1. The lowest BCUT2D eigenvalue weighted by atomic mass is 10.2. The van der Waals surface area contributed by atoms with Gasteiger partial charge >= 0.3 is 0 Å². The van der Waals surface area contributed by atoms with Gasteiger partial charge in [-0.05, 0) is 31.4 Å². The summed E-state index contributed by atoms with van der Waals surface area (Å²) in [5.74, 6) is 0.867. The first-order valence-corrected chi connectivity index (χ1v) is 11.1. The Kier molecular flexibility index (Phi) is 8.25. The van der Waals surface area contributed by atoms with Gasteiger partial charge in [-0.25, -0.2) is 17.7 Å². The number of carbonyl (C=O) groups is 1. The molecule has 0 unspecified atom stereocenters. The first-order chi connectivity index (χ1) is 13.4. The van der Waals surface area contributed by atoms with Crippen molar-refractivity contribution in [3.8, 4) is 0 Å². The Labute approximate surface area is 168 Å². The van der Waals surface area contributed by atoms with Crippen molar-refractivity contribution < 1.29 is 13.2 Å². The Morgan fingerprint density at radius 1 is 1.25 bits per heavy atom. The van der Waals surface area contributed by atoms with E-state index in [2.05, 4.69) is 15.6 Å². The van der Waals surface area contributed by atoms with Gasteiger partial charge < -0.3 is 15.5 Å². The van der Waals surface area contributed by atoms with E-state index in [1.165, 1.54) is 18.4 Å². The number of aliphatic imine (C=N–C) groups is 1. The van der Waals surface area contributed by atoms with E-state index in [4.69, 9.17) is 0 Å². The van der Waals surface area contributed by atoms with Crippen LogP contribution in [0.3, 0.4) is 0 Å². The van der Waals surface area contributed by atoms with Gasteiger partial charge in [-0.2, -0.15) is 0 Å². The van der Waals surface area contributed by atoms with Crippen molar-refractivity contribution in [2.75, 3.05) is 40.3 Å². The Hall–Kier alpha value is -2.13. The van der Waals surface area contributed by atoms with Crippen LogP contribution >= 0.6 is 0 Å². The zero-order valence-electron chi connectivity index (χ0n) is 16.9. The average molecular weight is 410 g/mol. The third kappa shape index (κ3) is 5.93. The summed E-state index contributed by atoms with van der Waals surface area (Å²) in [6, 6.07) is 6.91. The third-order valence-corrected chi connectivity index (χ3v) is 6.47. The molecule has 8 nitrogen and oxygen atoms in total. The maximum Gasteiger partial charge on any atom is 0.242 e. The molecule has 28 heavy (non-hydrogen) atoms. The summed E-state index contributed by atoms with van der Waals surface area (Å²) in [5, 5.41) is 6.42. The molecule has 1 saturated heterocycles. The molecule has 0 radical (unpaired) electrons. The topological polar surface area (TPSA) is 94.1 Å². The van der Waals surface area contributed by atoms with Crippen LogP contribution < -0.4 is 10.6 Å². The van der Waals surface area contributed by atoms with E-state index in [1.54, 1.807) is 18.2 Å². The van der Waals surface area contributed by atoms with Crippen LogP contribution in [0, 0.1) is 0 Å². The second-order valence-corrected chi connectivity index (χ2v) is 8.98. The molecule has 0 bridgehead atoms. The Morgan fingerprint density at radius 2 is 2.00 bits per heavy atom. The van der Waals surface area contributed by atoms with E-state index in [-0.39, 0.29) is 17.3 Å². The number of amides is 1. The minimum Gasteiger partial charge on any atom is -0.357 e. The van der Waals surface area contributed by atoms with E-state index in [1.807, 2.05) is 17.9 Å². The van der Waals surface area contributed by atoms with Gasteiger partial charge in [-0.15, -0.1) is 0 Å². The number of likely N-dealkylation sites (tertiary alicyclic amines) is 1. The molecule has 2 rings (SSSR count). The van der Waals surface area contributed by atoms with Gasteiger partial charge in [0.25, 0.3) is 0 Å². The van der Waals surface area contributed by atoms with Gasteiger partial charge in [0.2, 0.25) is 15.9 Å². The third-order valence-electron chi connectivity index (χ3n) is 4.55. The molecule has 156 valence electrons. The zero-order valence-corrected chi connectivity index (χ0v) is 17.8. The summed E-state index contributed by atoms with van der Waals surface area (Å²) >= 11 is 0. The molecular formula is C19H31N5O3S. The van der Waals surface area contributed by atoms with Crippen LogP contribution in [0.4, 0.5) is 0 Å². The van der Waals surface area contributed by atoms with Crippen LogP contribution in [0.5, 0.6) is 0 Å². The van der Waals surface area contributed by atoms with Crippen molar-refractivity contribution in [3.63, 3.8) is 0 Å². The normalized spacial score (nSPS) is 15.4. The number of hydrogen-bond acceptors (Lipinski definition) is 4. The summed E-state index contributed by atoms with van der Waals surface area (Å²) in [6.45, 7) is 5.22. The van der Waals surface area contributed by atoms with Crippen molar-refractivity contribution >= 4 is 21.9 Å². The van der Waals surface area contributed by atoms with Crippen LogP contribution in [-0.2, 0) is 21.4 Å². The van der Waals surface area contributed by atoms with E-state index in [0.29, 0.717) is 31.0 Å². The molecule has 1 aliphatic heterocycles. The first-order valence-electron chi connectivity index (χ1n) is 9.66. The summed E-state index contributed by atoms with van der Waals surface area (Å²) in [6.07, 6.45) is 2.44. The molecular weight excluding hydrogens is 378 g/mol. The van der Waals surface area contributed by atoms with Gasteiger partial charge in [0, 0.05) is 46.7 Å². The van der Waals surface area contributed by atoms with Crippen LogP contribution in [0.25, 0.3) is 0 Å². The highest BCUT2D eigenvalue weighted by Crippen LogP contribution is 2.19. The predicted octanol–water partition coefficient (Wildman–Crippen LogP) is 1.00. The number of nitrogens with zero attached hydrogens (tertiary/aromatic N) is 3. The molecule has 1 aliphatic rings. The Bertz CT molecular complexity index is 793. The highest BCUT2D eigenvalue weighted by Gasteiger charge is 2.21. The summed E-state index contributed by atoms with van der Waals surface area (Å²) in [5.41, 5.74) is 0.649. The summed E-state index contributed by atoms with van der Waals surface area (Å²) < 4.78 is 26.2. The fraction of sp³-hybridized carbons (Fsp3) is 0.579. The molecule has 0 aromatic heterocycles.